The SMILES string of the molecule is CC1(COc2ccc(Cc3sc(=O)[nH]c3O)cc2)CCc2cc(O)ccc2O1. The minimum atomic E-state index is -0.439. The number of aromatic amines is 1. The van der Waals surface area contributed by atoms with Gasteiger partial charge in [-0.1, -0.05) is 23.5 Å². The first-order valence-electron chi connectivity index (χ1n) is 9.04. The van der Waals surface area contributed by atoms with Gasteiger partial charge in [0.05, 0.1) is 4.88 Å². The van der Waals surface area contributed by atoms with Crippen LogP contribution in [0.1, 0.15) is 29.3 Å². The van der Waals surface area contributed by atoms with Crippen LogP contribution in [0.2, 0.25) is 0 Å². The number of phenols is 1. The number of phenolic OH excluding ortho intramolecular Hbond substituents is 1. The van der Waals surface area contributed by atoms with Crippen LogP contribution >= 0.6 is 11.3 Å². The molecule has 1 aliphatic rings. The Hall–Kier alpha value is -2.93. The van der Waals surface area contributed by atoms with Crippen molar-refractivity contribution in [3.8, 4) is 23.1 Å². The normalized spacial score (nSPS) is 18.3. The van der Waals surface area contributed by atoms with Crippen LogP contribution in [0.4, 0.5) is 0 Å². The predicted octanol–water partition coefficient (Wildman–Crippen LogP) is 3.60. The fourth-order valence-electron chi connectivity index (χ4n) is 3.27. The predicted molar refractivity (Wildman–Crippen MR) is 107 cm³/mol. The van der Waals surface area contributed by atoms with E-state index < -0.39 is 5.60 Å². The molecule has 1 atom stereocenters. The van der Waals surface area contributed by atoms with Gasteiger partial charge in [-0.15, -0.1) is 0 Å². The Morgan fingerprint density at radius 2 is 2.00 bits per heavy atom. The van der Waals surface area contributed by atoms with Gasteiger partial charge >= 0.3 is 4.87 Å². The van der Waals surface area contributed by atoms with E-state index in [9.17, 15) is 15.0 Å². The number of H-pyrrole nitrogens is 1. The average Bonchev–Trinajstić information content (AvgIpc) is 2.98. The second kappa shape index (κ2) is 7.24. The van der Waals surface area contributed by atoms with Crippen LogP contribution in [0.15, 0.2) is 47.3 Å². The van der Waals surface area contributed by atoms with Gasteiger partial charge in [0, 0.05) is 6.42 Å². The Balaban J connectivity index is 1.38. The highest BCUT2D eigenvalue weighted by atomic mass is 32.1. The molecule has 0 saturated carbocycles. The summed E-state index contributed by atoms with van der Waals surface area (Å²) in [5, 5.41) is 19.3. The maximum atomic E-state index is 11.3. The topological polar surface area (TPSA) is 91.8 Å². The van der Waals surface area contributed by atoms with Crippen molar-refractivity contribution in [1.82, 2.24) is 4.98 Å². The molecule has 146 valence electrons. The Morgan fingerprint density at radius 3 is 2.71 bits per heavy atom. The number of rotatable bonds is 5. The lowest BCUT2D eigenvalue weighted by molar-refractivity contribution is 0.0175. The van der Waals surface area contributed by atoms with E-state index in [1.165, 1.54) is 0 Å². The molecule has 7 heteroatoms. The van der Waals surface area contributed by atoms with Crippen molar-refractivity contribution < 1.29 is 19.7 Å². The molecule has 3 aromatic rings. The summed E-state index contributed by atoms with van der Waals surface area (Å²) in [6, 6.07) is 12.8. The molecular formula is C21H21NO5S. The fraction of sp³-hybridized carbons (Fsp3) is 0.286. The largest absolute Gasteiger partial charge is 0.508 e. The van der Waals surface area contributed by atoms with Gasteiger partial charge in [0.2, 0.25) is 5.88 Å². The van der Waals surface area contributed by atoms with E-state index in [1.807, 2.05) is 31.2 Å². The number of thiazole rings is 1. The first-order valence-corrected chi connectivity index (χ1v) is 9.85. The van der Waals surface area contributed by atoms with Gasteiger partial charge in [0.25, 0.3) is 0 Å². The molecule has 0 amide bonds. The molecule has 0 fully saturated rings. The van der Waals surface area contributed by atoms with Crippen LogP contribution in [0, 0.1) is 0 Å². The maximum absolute atomic E-state index is 11.3. The van der Waals surface area contributed by atoms with Gasteiger partial charge in [-0.3, -0.25) is 9.78 Å². The highest BCUT2D eigenvalue weighted by molar-refractivity contribution is 7.09. The number of hydrogen-bond donors (Lipinski definition) is 3. The minimum absolute atomic E-state index is 0.0636. The molecule has 0 spiro atoms. The van der Waals surface area contributed by atoms with E-state index in [0.717, 1.165) is 46.8 Å². The number of hydrogen-bond acceptors (Lipinski definition) is 6. The lowest BCUT2D eigenvalue weighted by atomic mass is 9.93. The van der Waals surface area contributed by atoms with Crippen molar-refractivity contribution in [2.24, 2.45) is 0 Å². The van der Waals surface area contributed by atoms with E-state index >= 15 is 0 Å². The van der Waals surface area contributed by atoms with Gasteiger partial charge in [-0.25, -0.2) is 0 Å². The molecule has 0 bridgehead atoms. The first-order chi connectivity index (χ1) is 13.4. The molecule has 2 heterocycles. The number of aromatic hydroxyl groups is 2. The zero-order chi connectivity index (χ0) is 19.7. The van der Waals surface area contributed by atoms with Crippen molar-refractivity contribution >= 4 is 11.3 Å². The van der Waals surface area contributed by atoms with E-state index in [1.54, 1.807) is 18.2 Å². The molecule has 1 unspecified atom stereocenters. The van der Waals surface area contributed by atoms with Crippen LogP contribution in [-0.2, 0) is 12.8 Å². The average molecular weight is 399 g/mol. The summed E-state index contributed by atoms with van der Waals surface area (Å²) >= 11 is 1.01. The molecule has 0 saturated heterocycles. The summed E-state index contributed by atoms with van der Waals surface area (Å²) in [5.74, 6) is 1.71. The summed E-state index contributed by atoms with van der Waals surface area (Å²) in [6.07, 6.45) is 2.11. The van der Waals surface area contributed by atoms with Crippen molar-refractivity contribution in [3.05, 3.63) is 68.1 Å². The Kier molecular flexibility index (Phi) is 4.77. The number of nitrogens with one attached hydrogen (secondary N) is 1. The fourth-order valence-corrected chi connectivity index (χ4v) is 4.03. The van der Waals surface area contributed by atoms with Gasteiger partial charge in [0.1, 0.15) is 29.5 Å². The second-order valence-corrected chi connectivity index (χ2v) is 8.31. The third-order valence-corrected chi connectivity index (χ3v) is 5.73. The molecule has 1 aromatic heterocycles. The van der Waals surface area contributed by atoms with Crippen LogP contribution in [-0.4, -0.2) is 27.4 Å². The molecule has 2 aromatic carbocycles. The Morgan fingerprint density at radius 1 is 1.21 bits per heavy atom. The summed E-state index contributed by atoms with van der Waals surface area (Å²) in [4.78, 5) is 14.0. The van der Waals surface area contributed by atoms with E-state index in [0.29, 0.717) is 17.9 Å². The standard InChI is InChI=1S/C21H21NO5S/c1-21(9-8-14-11-15(23)4-7-17(14)27-21)12-26-16-5-2-13(3-6-16)10-18-19(24)22-20(25)28-18/h2-7,11,23-24H,8-10,12H2,1H3,(H,22,25). The lowest BCUT2D eigenvalue weighted by Crippen LogP contribution is -2.42. The summed E-state index contributed by atoms with van der Waals surface area (Å²) in [7, 11) is 0. The second-order valence-electron chi connectivity index (χ2n) is 7.24. The molecule has 1 aliphatic heterocycles. The van der Waals surface area contributed by atoms with Crippen molar-refractivity contribution in [2.75, 3.05) is 6.61 Å². The maximum Gasteiger partial charge on any atom is 0.307 e. The molecule has 0 radical (unpaired) electrons. The smallest absolute Gasteiger partial charge is 0.307 e. The number of benzene rings is 2. The zero-order valence-electron chi connectivity index (χ0n) is 15.4. The monoisotopic (exact) mass is 399 g/mol. The van der Waals surface area contributed by atoms with Crippen LogP contribution < -0.4 is 14.3 Å². The van der Waals surface area contributed by atoms with Crippen LogP contribution in [0.25, 0.3) is 0 Å². The van der Waals surface area contributed by atoms with E-state index in [4.69, 9.17) is 9.47 Å². The van der Waals surface area contributed by atoms with Crippen molar-refractivity contribution in [2.45, 2.75) is 31.8 Å². The molecule has 0 aliphatic carbocycles. The molecule has 4 rings (SSSR count). The number of aromatic nitrogens is 1. The molecule has 28 heavy (non-hydrogen) atoms. The van der Waals surface area contributed by atoms with Gasteiger partial charge in [-0.2, -0.15) is 0 Å². The molecular weight excluding hydrogens is 378 g/mol. The third kappa shape index (κ3) is 3.99. The van der Waals surface area contributed by atoms with Crippen LogP contribution in [0.3, 0.4) is 0 Å². The Bertz CT molecular complexity index is 1040. The van der Waals surface area contributed by atoms with Gasteiger partial charge in [0.15, 0.2) is 0 Å². The Labute approximate surface area is 166 Å². The lowest BCUT2D eigenvalue weighted by Gasteiger charge is -2.35. The summed E-state index contributed by atoms with van der Waals surface area (Å²) in [5.41, 5.74) is 1.55. The van der Waals surface area contributed by atoms with Gasteiger partial charge in [-0.05, 0) is 61.2 Å². The van der Waals surface area contributed by atoms with E-state index in [2.05, 4.69) is 4.98 Å². The third-order valence-electron chi connectivity index (χ3n) is 4.86. The minimum Gasteiger partial charge on any atom is -0.508 e. The molecule has 6 nitrogen and oxygen atoms in total. The summed E-state index contributed by atoms with van der Waals surface area (Å²) in [6.45, 7) is 2.43. The van der Waals surface area contributed by atoms with Crippen LogP contribution in [0.5, 0.6) is 23.1 Å². The zero-order valence-corrected chi connectivity index (χ0v) is 16.2. The van der Waals surface area contributed by atoms with Gasteiger partial charge < -0.3 is 19.7 Å². The quantitative estimate of drug-likeness (QED) is 0.610. The number of fused-ring (bicyclic) bond motifs is 1. The van der Waals surface area contributed by atoms with Crippen molar-refractivity contribution in [3.63, 3.8) is 0 Å². The highest BCUT2D eigenvalue weighted by Crippen LogP contribution is 2.35. The highest BCUT2D eigenvalue weighted by Gasteiger charge is 2.32. The number of aryl methyl sites for hydroxylation is 1. The number of ether oxygens (including phenoxy) is 2. The van der Waals surface area contributed by atoms with E-state index in [-0.39, 0.29) is 16.5 Å². The molecule has 3 N–H and O–H groups in total. The summed E-state index contributed by atoms with van der Waals surface area (Å²) < 4.78 is 12.1. The van der Waals surface area contributed by atoms with Crippen molar-refractivity contribution in [1.29, 1.82) is 0 Å². The first kappa shape index (κ1) is 18.4.